The van der Waals surface area contributed by atoms with Crippen LogP contribution in [0.3, 0.4) is 0 Å². The standard InChI is InChI=1S/C16H22ClFN2/c17-15-4-1-13(9-16(15)18)11-20-7-5-12(6-8-20)10-19-14-2-3-14/h1,4,9,12,14,19H,2-3,5-8,10-11H2. The average Bonchev–Trinajstić information content (AvgIpc) is 3.26. The van der Waals surface area contributed by atoms with Crippen molar-refractivity contribution in [1.29, 1.82) is 0 Å². The second kappa shape index (κ2) is 6.42. The maximum Gasteiger partial charge on any atom is 0.142 e. The van der Waals surface area contributed by atoms with E-state index in [0.29, 0.717) is 0 Å². The summed E-state index contributed by atoms with van der Waals surface area (Å²) in [7, 11) is 0. The molecule has 1 aromatic carbocycles. The Labute approximate surface area is 125 Å². The molecule has 0 unspecified atom stereocenters. The fourth-order valence-corrected chi connectivity index (χ4v) is 2.98. The highest BCUT2D eigenvalue weighted by atomic mass is 35.5. The van der Waals surface area contributed by atoms with Gasteiger partial charge in [-0.25, -0.2) is 4.39 Å². The highest BCUT2D eigenvalue weighted by molar-refractivity contribution is 6.30. The molecule has 1 saturated carbocycles. The summed E-state index contributed by atoms with van der Waals surface area (Å²) < 4.78 is 13.4. The predicted molar refractivity (Wildman–Crippen MR) is 80.4 cm³/mol. The Kier molecular flexibility index (Phi) is 4.59. The minimum absolute atomic E-state index is 0.207. The quantitative estimate of drug-likeness (QED) is 0.895. The van der Waals surface area contributed by atoms with Crippen LogP contribution in [0.2, 0.25) is 5.02 Å². The normalized spacial score (nSPS) is 21.3. The number of hydrogen-bond donors (Lipinski definition) is 1. The van der Waals surface area contributed by atoms with E-state index < -0.39 is 0 Å². The minimum atomic E-state index is -0.312. The molecule has 1 saturated heterocycles. The van der Waals surface area contributed by atoms with Crippen molar-refractivity contribution in [3.05, 3.63) is 34.6 Å². The number of likely N-dealkylation sites (tertiary alicyclic amines) is 1. The van der Waals surface area contributed by atoms with Gasteiger partial charge in [0.15, 0.2) is 0 Å². The van der Waals surface area contributed by atoms with Gasteiger partial charge in [0.2, 0.25) is 0 Å². The zero-order valence-corrected chi connectivity index (χ0v) is 12.5. The summed E-state index contributed by atoms with van der Waals surface area (Å²) in [5.74, 6) is 0.501. The zero-order valence-electron chi connectivity index (χ0n) is 11.7. The van der Waals surface area contributed by atoms with Crippen LogP contribution in [-0.4, -0.2) is 30.6 Å². The van der Waals surface area contributed by atoms with Gasteiger partial charge in [-0.1, -0.05) is 17.7 Å². The van der Waals surface area contributed by atoms with Crippen LogP contribution in [-0.2, 0) is 6.54 Å². The largest absolute Gasteiger partial charge is 0.314 e. The van der Waals surface area contributed by atoms with Gasteiger partial charge in [-0.3, -0.25) is 4.90 Å². The molecule has 110 valence electrons. The lowest BCUT2D eigenvalue weighted by atomic mass is 9.96. The molecule has 1 aliphatic heterocycles. The maximum atomic E-state index is 13.4. The molecule has 4 heteroatoms. The Bertz CT molecular complexity index is 454. The number of halogens is 2. The molecule has 0 aromatic heterocycles. The number of benzene rings is 1. The first kappa shape index (κ1) is 14.3. The number of hydrogen-bond acceptors (Lipinski definition) is 2. The van der Waals surface area contributed by atoms with Gasteiger partial charge in [-0.15, -0.1) is 0 Å². The molecule has 0 atom stereocenters. The molecule has 0 amide bonds. The summed E-state index contributed by atoms with van der Waals surface area (Å²) in [6.07, 6.45) is 5.22. The van der Waals surface area contributed by atoms with Crippen molar-refractivity contribution in [2.24, 2.45) is 5.92 Å². The van der Waals surface area contributed by atoms with E-state index in [1.165, 1.54) is 32.2 Å². The van der Waals surface area contributed by atoms with Crippen LogP contribution in [0.1, 0.15) is 31.2 Å². The van der Waals surface area contributed by atoms with Gasteiger partial charge in [-0.2, -0.15) is 0 Å². The van der Waals surface area contributed by atoms with Crippen LogP contribution in [0, 0.1) is 11.7 Å². The predicted octanol–water partition coefficient (Wildman–Crippen LogP) is 3.44. The average molecular weight is 297 g/mol. The Morgan fingerprint density at radius 1 is 1.20 bits per heavy atom. The summed E-state index contributed by atoms with van der Waals surface area (Å²) in [6, 6.07) is 5.94. The van der Waals surface area contributed by atoms with Gasteiger partial charge in [0.25, 0.3) is 0 Å². The van der Waals surface area contributed by atoms with E-state index in [9.17, 15) is 4.39 Å². The van der Waals surface area contributed by atoms with Crippen molar-refractivity contribution < 1.29 is 4.39 Å². The molecule has 0 radical (unpaired) electrons. The lowest BCUT2D eigenvalue weighted by molar-refractivity contribution is 0.175. The Morgan fingerprint density at radius 3 is 2.60 bits per heavy atom. The monoisotopic (exact) mass is 296 g/mol. The summed E-state index contributed by atoms with van der Waals surface area (Å²) >= 11 is 5.71. The second-order valence-corrected chi connectivity index (χ2v) is 6.56. The summed E-state index contributed by atoms with van der Waals surface area (Å²) in [4.78, 5) is 2.41. The molecule has 2 nitrogen and oxygen atoms in total. The zero-order chi connectivity index (χ0) is 13.9. The Hall–Kier alpha value is -0.640. The molecule has 1 aromatic rings. The van der Waals surface area contributed by atoms with Crippen molar-refractivity contribution in [2.45, 2.75) is 38.3 Å². The third kappa shape index (κ3) is 3.94. The summed E-state index contributed by atoms with van der Waals surface area (Å²) in [6.45, 7) is 4.23. The fourth-order valence-electron chi connectivity index (χ4n) is 2.87. The molecule has 3 rings (SSSR count). The van der Waals surface area contributed by atoms with Crippen LogP contribution >= 0.6 is 11.6 Å². The van der Waals surface area contributed by atoms with Gasteiger partial charge >= 0.3 is 0 Å². The summed E-state index contributed by atoms with van der Waals surface area (Å²) in [5, 5.41) is 3.83. The van der Waals surface area contributed by atoms with Gasteiger partial charge in [0.1, 0.15) is 5.82 Å². The lowest BCUT2D eigenvalue weighted by Crippen LogP contribution is -2.37. The molecule has 2 aliphatic rings. The van der Waals surface area contributed by atoms with Crippen molar-refractivity contribution >= 4 is 11.6 Å². The third-order valence-corrected chi connectivity index (χ3v) is 4.68. The SMILES string of the molecule is Fc1cc(CN2CCC(CNC3CC3)CC2)ccc1Cl. The molecular weight excluding hydrogens is 275 g/mol. The summed E-state index contributed by atoms with van der Waals surface area (Å²) in [5.41, 5.74) is 1.02. The molecular formula is C16H22ClFN2. The Morgan fingerprint density at radius 2 is 1.95 bits per heavy atom. The van der Waals surface area contributed by atoms with E-state index in [1.54, 1.807) is 12.1 Å². The number of piperidine rings is 1. The van der Waals surface area contributed by atoms with Crippen LogP contribution in [0.25, 0.3) is 0 Å². The third-order valence-electron chi connectivity index (χ3n) is 4.37. The molecule has 1 N–H and O–H groups in total. The molecule has 0 bridgehead atoms. The van der Waals surface area contributed by atoms with Crippen molar-refractivity contribution in [3.63, 3.8) is 0 Å². The topological polar surface area (TPSA) is 15.3 Å². The van der Waals surface area contributed by atoms with Crippen molar-refractivity contribution in [3.8, 4) is 0 Å². The van der Waals surface area contributed by atoms with Gasteiger partial charge in [0, 0.05) is 12.6 Å². The van der Waals surface area contributed by atoms with Gasteiger partial charge in [0.05, 0.1) is 5.02 Å². The van der Waals surface area contributed by atoms with E-state index in [-0.39, 0.29) is 10.8 Å². The highest BCUT2D eigenvalue weighted by Crippen LogP contribution is 2.23. The van der Waals surface area contributed by atoms with E-state index in [4.69, 9.17) is 11.6 Å². The second-order valence-electron chi connectivity index (χ2n) is 6.15. The number of nitrogens with zero attached hydrogens (tertiary/aromatic N) is 1. The molecule has 20 heavy (non-hydrogen) atoms. The van der Waals surface area contributed by atoms with Gasteiger partial charge in [-0.05, 0) is 68.9 Å². The van der Waals surface area contributed by atoms with Crippen LogP contribution < -0.4 is 5.32 Å². The van der Waals surface area contributed by atoms with E-state index in [1.807, 2.05) is 6.07 Å². The Balaban J connectivity index is 1.44. The van der Waals surface area contributed by atoms with Gasteiger partial charge < -0.3 is 5.32 Å². The van der Waals surface area contributed by atoms with Crippen molar-refractivity contribution in [1.82, 2.24) is 10.2 Å². The van der Waals surface area contributed by atoms with E-state index in [0.717, 1.165) is 37.2 Å². The van der Waals surface area contributed by atoms with Crippen LogP contribution in [0.5, 0.6) is 0 Å². The highest BCUT2D eigenvalue weighted by Gasteiger charge is 2.24. The molecule has 0 spiro atoms. The molecule has 1 aliphatic carbocycles. The van der Waals surface area contributed by atoms with Crippen molar-refractivity contribution in [2.75, 3.05) is 19.6 Å². The van der Waals surface area contributed by atoms with Crippen LogP contribution in [0.4, 0.5) is 4.39 Å². The van der Waals surface area contributed by atoms with E-state index >= 15 is 0 Å². The molecule has 2 fully saturated rings. The fraction of sp³-hybridized carbons (Fsp3) is 0.625. The van der Waals surface area contributed by atoms with E-state index in [2.05, 4.69) is 10.2 Å². The first-order valence-corrected chi connectivity index (χ1v) is 7.98. The maximum absolute atomic E-state index is 13.4. The van der Waals surface area contributed by atoms with Crippen LogP contribution in [0.15, 0.2) is 18.2 Å². The minimum Gasteiger partial charge on any atom is -0.314 e. The smallest absolute Gasteiger partial charge is 0.142 e. The number of rotatable bonds is 5. The first-order chi connectivity index (χ1) is 9.70. The number of nitrogens with one attached hydrogen (secondary N) is 1. The lowest BCUT2D eigenvalue weighted by Gasteiger charge is -2.32. The molecule has 1 heterocycles. The first-order valence-electron chi connectivity index (χ1n) is 7.60.